The Labute approximate surface area is 132 Å². The predicted molar refractivity (Wildman–Crippen MR) is 84.9 cm³/mol. The minimum atomic E-state index is -0.293. The number of rotatable bonds is 5. The van der Waals surface area contributed by atoms with Crippen LogP contribution in [-0.4, -0.2) is 24.3 Å². The summed E-state index contributed by atoms with van der Waals surface area (Å²) in [6, 6.07) is 7.70. The number of esters is 1. The molecular formula is C16H18BrNO3. The fourth-order valence-electron chi connectivity index (χ4n) is 2.17. The van der Waals surface area contributed by atoms with Gasteiger partial charge in [-0.15, -0.1) is 0 Å². The fourth-order valence-corrected chi connectivity index (χ4v) is 2.55. The summed E-state index contributed by atoms with van der Waals surface area (Å²) in [5.41, 5.74) is 2.54. The third kappa shape index (κ3) is 3.47. The third-order valence-corrected chi connectivity index (χ3v) is 4.00. The molecule has 2 rings (SSSR count). The van der Waals surface area contributed by atoms with Gasteiger partial charge in [0.2, 0.25) is 0 Å². The Morgan fingerprint density at radius 3 is 2.76 bits per heavy atom. The van der Waals surface area contributed by atoms with Crippen molar-refractivity contribution in [2.24, 2.45) is 0 Å². The second-order valence-electron chi connectivity index (χ2n) is 4.65. The van der Waals surface area contributed by atoms with E-state index in [1.165, 1.54) is 0 Å². The van der Waals surface area contributed by atoms with Gasteiger partial charge in [-0.05, 0) is 49.2 Å². The lowest BCUT2D eigenvalue weighted by Gasteiger charge is -2.12. The highest BCUT2D eigenvalue weighted by molar-refractivity contribution is 9.10. The molecule has 1 heterocycles. The summed E-state index contributed by atoms with van der Waals surface area (Å²) in [6.45, 7) is 4.65. The van der Waals surface area contributed by atoms with Crippen molar-refractivity contribution in [3.63, 3.8) is 0 Å². The quantitative estimate of drug-likeness (QED) is 0.769. The van der Waals surface area contributed by atoms with Crippen LogP contribution in [0.3, 0.4) is 0 Å². The minimum absolute atomic E-state index is 0.293. The van der Waals surface area contributed by atoms with E-state index in [-0.39, 0.29) is 5.97 Å². The molecular weight excluding hydrogens is 334 g/mol. The van der Waals surface area contributed by atoms with E-state index in [0.29, 0.717) is 18.8 Å². The normalized spacial score (nSPS) is 10.5. The summed E-state index contributed by atoms with van der Waals surface area (Å²) in [7, 11) is 1.64. The molecule has 0 aliphatic rings. The van der Waals surface area contributed by atoms with E-state index in [9.17, 15) is 4.79 Å². The Balaban J connectivity index is 2.34. The summed E-state index contributed by atoms with van der Waals surface area (Å²) in [5, 5.41) is 0. The largest absolute Gasteiger partial charge is 0.497 e. The first-order valence-corrected chi connectivity index (χ1v) is 7.51. The number of ether oxygens (including phenoxy) is 2. The van der Waals surface area contributed by atoms with Gasteiger partial charge in [-0.3, -0.25) is 0 Å². The number of carbonyl (C=O) groups excluding carboxylic acids is 1. The van der Waals surface area contributed by atoms with Crippen LogP contribution < -0.4 is 4.74 Å². The van der Waals surface area contributed by atoms with Crippen molar-refractivity contribution in [3.05, 3.63) is 51.8 Å². The van der Waals surface area contributed by atoms with Gasteiger partial charge in [-0.2, -0.15) is 0 Å². The lowest BCUT2D eigenvalue weighted by Crippen LogP contribution is -2.14. The molecule has 0 aliphatic carbocycles. The molecule has 0 atom stereocenters. The van der Waals surface area contributed by atoms with Gasteiger partial charge in [0.25, 0.3) is 0 Å². The number of hydrogen-bond donors (Lipinski definition) is 0. The summed E-state index contributed by atoms with van der Waals surface area (Å²) < 4.78 is 13.2. The molecule has 2 aromatic rings. The molecule has 0 bridgehead atoms. The molecule has 0 aliphatic heterocycles. The topological polar surface area (TPSA) is 40.5 Å². The van der Waals surface area contributed by atoms with Gasteiger partial charge in [-0.25, -0.2) is 4.79 Å². The van der Waals surface area contributed by atoms with Crippen LogP contribution >= 0.6 is 15.9 Å². The summed E-state index contributed by atoms with van der Waals surface area (Å²) in [5.74, 6) is 0.494. The van der Waals surface area contributed by atoms with Gasteiger partial charge in [0.1, 0.15) is 11.4 Å². The SMILES string of the molecule is CCOC(=O)c1c(C)ccn1Cc1cc(OC)ccc1Br. The Morgan fingerprint density at radius 2 is 2.10 bits per heavy atom. The highest BCUT2D eigenvalue weighted by Crippen LogP contribution is 2.24. The number of nitrogens with zero attached hydrogens (tertiary/aromatic N) is 1. The van der Waals surface area contributed by atoms with Crippen LogP contribution in [0.1, 0.15) is 28.5 Å². The number of aromatic nitrogens is 1. The van der Waals surface area contributed by atoms with Crippen LogP contribution in [0.5, 0.6) is 5.75 Å². The van der Waals surface area contributed by atoms with Crippen molar-refractivity contribution in [3.8, 4) is 5.75 Å². The molecule has 0 fully saturated rings. The highest BCUT2D eigenvalue weighted by atomic mass is 79.9. The monoisotopic (exact) mass is 351 g/mol. The molecule has 0 unspecified atom stereocenters. The summed E-state index contributed by atoms with van der Waals surface area (Å²) in [6.07, 6.45) is 1.90. The Hall–Kier alpha value is -1.75. The maximum atomic E-state index is 12.1. The summed E-state index contributed by atoms with van der Waals surface area (Å²) >= 11 is 3.53. The minimum Gasteiger partial charge on any atom is -0.497 e. The van der Waals surface area contributed by atoms with Crippen molar-refractivity contribution in [2.45, 2.75) is 20.4 Å². The first kappa shape index (κ1) is 15.6. The number of benzene rings is 1. The standard InChI is InChI=1S/C16H18BrNO3/c1-4-21-16(19)15-11(2)7-8-18(15)10-12-9-13(20-3)5-6-14(12)17/h5-9H,4,10H2,1-3H3. The second kappa shape index (κ2) is 6.80. The average Bonchev–Trinajstić information content (AvgIpc) is 2.82. The smallest absolute Gasteiger partial charge is 0.355 e. The molecule has 1 aromatic heterocycles. The molecule has 112 valence electrons. The number of carbonyl (C=O) groups is 1. The van der Waals surface area contributed by atoms with Crippen molar-refractivity contribution in [2.75, 3.05) is 13.7 Å². The van der Waals surface area contributed by atoms with Crippen molar-refractivity contribution < 1.29 is 14.3 Å². The van der Waals surface area contributed by atoms with E-state index in [1.807, 2.05) is 42.0 Å². The molecule has 4 nitrogen and oxygen atoms in total. The van der Waals surface area contributed by atoms with E-state index in [2.05, 4.69) is 15.9 Å². The average molecular weight is 352 g/mol. The highest BCUT2D eigenvalue weighted by Gasteiger charge is 2.16. The van der Waals surface area contributed by atoms with Crippen molar-refractivity contribution in [1.82, 2.24) is 4.57 Å². The lowest BCUT2D eigenvalue weighted by atomic mass is 10.2. The van der Waals surface area contributed by atoms with Crippen LogP contribution in [0.15, 0.2) is 34.9 Å². The van der Waals surface area contributed by atoms with Gasteiger partial charge >= 0.3 is 5.97 Å². The van der Waals surface area contributed by atoms with E-state index in [1.54, 1.807) is 14.0 Å². The van der Waals surface area contributed by atoms with E-state index < -0.39 is 0 Å². The second-order valence-corrected chi connectivity index (χ2v) is 5.51. The zero-order valence-electron chi connectivity index (χ0n) is 12.4. The van der Waals surface area contributed by atoms with Crippen LogP contribution in [-0.2, 0) is 11.3 Å². The molecule has 0 N–H and O–H groups in total. The van der Waals surface area contributed by atoms with Crippen LogP contribution in [0.2, 0.25) is 0 Å². The molecule has 0 saturated carbocycles. The van der Waals surface area contributed by atoms with Gasteiger partial charge in [0, 0.05) is 17.2 Å². The van der Waals surface area contributed by atoms with Gasteiger partial charge in [-0.1, -0.05) is 15.9 Å². The number of aryl methyl sites for hydroxylation is 1. The van der Waals surface area contributed by atoms with E-state index >= 15 is 0 Å². The van der Waals surface area contributed by atoms with Crippen LogP contribution in [0.4, 0.5) is 0 Å². The molecule has 0 saturated heterocycles. The van der Waals surface area contributed by atoms with Crippen molar-refractivity contribution in [1.29, 1.82) is 0 Å². The zero-order valence-corrected chi connectivity index (χ0v) is 13.9. The van der Waals surface area contributed by atoms with Gasteiger partial charge < -0.3 is 14.0 Å². The molecule has 1 aromatic carbocycles. The Morgan fingerprint density at radius 1 is 1.33 bits per heavy atom. The fraction of sp³-hybridized carbons (Fsp3) is 0.312. The molecule has 0 radical (unpaired) electrons. The third-order valence-electron chi connectivity index (χ3n) is 3.23. The molecule has 21 heavy (non-hydrogen) atoms. The van der Waals surface area contributed by atoms with Gasteiger partial charge in [0.05, 0.1) is 13.7 Å². The summed E-state index contributed by atoms with van der Waals surface area (Å²) in [4.78, 5) is 12.1. The van der Waals surface area contributed by atoms with Crippen LogP contribution in [0.25, 0.3) is 0 Å². The Kier molecular flexibility index (Phi) is 5.07. The predicted octanol–water partition coefficient (Wildman–Crippen LogP) is 3.79. The van der Waals surface area contributed by atoms with Crippen LogP contribution in [0, 0.1) is 6.92 Å². The molecule has 5 heteroatoms. The maximum absolute atomic E-state index is 12.1. The first-order chi connectivity index (χ1) is 10.1. The molecule has 0 amide bonds. The number of methoxy groups -OCH3 is 1. The number of hydrogen-bond acceptors (Lipinski definition) is 3. The van der Waals surface area contributed by atoms with Crippen molar-refractivity contribution >= 4 is 21.9 Å². The Bertz CT molecular complexity index is 649. The lowest BCUT2D eigenvalue weighted by molar-refractivity contribution is 0.0513. The number of halogens is 1. The zero-order chi connectivity index (χ0) is 15.4. The van der Waals surface area contributed by atoms with Gasteiger partial charge in [0.15, 0.2) is 0 Å². The maximum Gasteiger partial charge on any atom is 0.355 e. The molecule has 0 spiro atoms. The van der Waals surface area contributed by atoms with E-state index in [0.717, 1.165) is 21.3 Å². The first-order valence-electron chi connectivity index (χ1n) is 6.72. The van der Waals surface area contributed by atoms with E-state index in [4.69, 9.17) is 9.47 Å².